The molecule has 21 heavy (non-hydrogen) atoms. The normalized spacial score (nSPS) is 15.9. The zero-order valence-electron chi connectivity index (χ0n) is 11.6. The number of anilines is 1. The summed E-state index contributed by atoms with van der Waals surface area (Å²) in [5.74, 6) is 1.14. The molecule has 2 heterocycles. The highest BCUT2D eigenvalue weighted by Gasteiger charge is 2.27. The van der Waals surface area contributed by atoms with E-state index in [2.05, 4.69) is 20.9 Å². The first-order valence-electron chi connectivity index (χ1n) is 6.45. The standard InChI is InChI=1S/C16H13BrN2O2/c1-10-3-8-13-14(9-11-4-6-12(17)7-5-11)21-16(20)19(2)15(13)18-10/h3-9H,1-2H3/b14-9-. The number of carbonyl (C=O) groups excluding carboxylic acids is 1. The van der Waals surface area contributed by atoms with Crippen LogP contribution in [0.5, 0.6) is 0 Å². The first-order valence-corrected chi connectivity index (χ1v) is 7.25. The molecule has 0 saturated heterocycles. The van der Waals surface area contributed by atoms with Gasteiger partial charge in [-0.2, -0.15) is 0 Å². The van der Waals surface area contributed by atoms with Gasteiger partial charge in [-0.25, -0.2) is 9.78 Å². The molecule has 0 N–H and O–H groups in total. The Labute approximate surface area is 131 Å². The summed E-state index contributed by atoms with van der Waals surface area (Å²) in [6, 6.07) is 11.6. The minimum atomic E-state index is -0.427. The summed E-state index contributed by atoms with van der Waals surface area (Å²) in [6.07, 6.45) is 1.41. The minimum Gasteiger partial charge on any atom is -0.409 e. The van der Waals surface area contributed by atoms with E-state index in [-0.39, 0.29) is 0 Å². The summed E-state index contributed by atoms with van der Waals surface area (Å²) in [6.45, 7) is 1.90. The highest BCUT2D eigenvalue weighted by molar-refractivity contribution is 9.10. The number of pyridine rings is 1. The number of fused-ring (bicyclic) bond motifs is 1. The molecule has 1 aliphatic rings. The molecule has 3 rings (SSSR count). The minimum absolute atomic E-state index is 0.427. The van der Waals surface area contributed by atoms with Crippen molar-refractivity contribution in [1.29, 1.82) is 0 Å². The van der Waals surface area contributed by atoms with Crippen LogP contribution in [0, 0.1) is 6.92 Å². The smallest absolute Gasteiger partial charge is 0.409 e. The second-order valence-corrected chi connectivity index (χ2v) is 5.73. The zero-order chi connectivity index (χ0) is 15.0. The topological polar surface area (TPSA) is 42.4 Å². The third-order valence-electron chi connectivity index (χ3n) is 3.24. The molecule has 0 atom stereocenters. The molecule has 0 radical (unpaired) electrons. The molecule has 0 aliphatic carbocycles. The molecule has 1 aliphatic heterocycles. The maximum Gasteiger partial charge on any atom is 0.420 e. The first kappa shape index (κ1) is 13.8. The predicted octanol–water partition coefficient (Wildman–Crippen LogP) is 4.24. The largest absolute Gasteiger partial charge is 0.420 e. The molecule has 106 valence electrons. The van der Waals surface area contributed by atoms with E-state index in [1.165, 1.54) is 4.90 Å². The van der Waals surface area contributed by atoms with Crippen LogP contribution in [0.1, 0.15) is 16.8 Å². The summed E-state index contributed by atoms with van der Waals surface area (Å²) < 4.78 is 6.40. The second kappa shape index (κ2) is 5.33. The molecule has 1 aromatic carbocycles. The van der Waals surface area contributed by atoms with Crippen molar-refractivity contribution >= 4 is 39.7 Å². The Kier molecular flexibility index (Phi) is 3.51. The molecule has 4 nitrogen and oxygen atoms in total. The average molecular weight is 345 g/mol. The molecule has 0 bridgehead atoms. The molecule has 0 spiro atoms. The van der Waals surface area contributed by atoms with E-state index in [0.717, 1.165) is 21.3 Å². The van der Waals surface area contributed by atoms with Gasteiger partial charge in [0.25, 0.3) is 0 Å². The Balaban J connectivity index is 2.10. The summed E-state index contributed by atoms with van der Waals surface area (Å²) in [7, 11) is 1.66. The van der Waals surface area contributed by atoms with Crippen LogP contribution in [0.2, 0.25) is 0 Å². The number of halogens is 1. The van der Waals surface area contributed by atoms with Crippen molar-refractivity contribution < 1.29 is 9.53 Å². The van der Waals surface area contributed by atoms with Gasteiger partial charge in [-0.3, -0.25) is 4.90 Å². The third kappa shape index (κ3) is 2.69. The van der Waals surface area contributed by atoms with E-state index in [9.17, 15) is 4.79 Å². The number of nitrogens with zero attached hydrogens (tertiary/aromatic N) is 2. The van der Waals surface area contributed by atoms with Gasteiger partial charge in [0.05, 0.1) is 5.56 Å². The number of carbonyl (C=O) groups is 1. The highest BCUT2D eigenvalue weighted by atomic mass is 79.9. The van der Waals surface area contributed by atoms with Crippen LogP contribution in [0.3, 0.4) is 0 Å². The summed E-state index contributed by atoms with van der Waals surface area (Å²) in [4.78, 5) is 17.8. The van der Waals surface area contributed by atoms with Crippen molar-refractivity contribution in [3.63, 3.8) is 0 Å². The van der Waals surface area contributed by atoms with E-state index in [0.29, 0.717) is 11.6 Å². The van der Waals surface area contributed by atoms with E-state index >= 15 is 0 Å². The van der Waals surface area contributed by atoms with Crippen LogP contribution in [-0.2, 0) is 4.74 Å². The molecule has 0 unspecified atom stereocenters. The predicted molar refractivity (Wildman–Crippen MR) is 85.9 cm³/mol. The quantitative estimate of drug-likeness (QED) is 0.777. The number of ether oxygens (including phenoxy) is 1. The van der Waals surface area contributed by atoms with Crippen LogP contribution in [0.15, 0.2) is 40.9 Å². The van der Waals surface area contributed by atoms with E-state index in [1.54, 1.807) is 7.05 Å². The number of cyclic esters (lactones) is 1. The molecule has 0 saturated carbocycles. The Morgan fingerprint density at radius 2 is 1.90 bits per heavy atom. The van der Waals surface area contributed by atoms with E-state index in [1.807, 2.05) is 49.4 Å². The molecule has 0 fully saturated rings. The van der Waals surface area contributed by atoms with Crippen LogP contribution in [0.4, 0.5) is 10.6 Å². The lowest BCUT2D eigenvalue weighted by Gasteiger charge is -2.26. The van der Waals surface area contributed by atoms with Crippen LogP contribution in [0.25, 0.3) is 11.8 Å². The fourth-order valence-corrected chi connectivity index (χ4v) is 2.38. The lowest BCUT2D eigenvalue weighted by atomic mass is 10.1. The number of amides is 1. The average Bonchev–Trinajstić information content (AvgIpc) is 2.47. The summed E-state index contributed by atoms with van der Waals surface area (Å²) in [5.41, 5.74) is 2.63. The van der Waals surface area contributed by atoms with Crippen molar-refractivity contribution in [3.8, 4) is 0 Å². The second-order valence-electron chi connectivity index (χ2n) is 4.81. The molecule has 2 aromatic rings. The summed E-state index contributed by atoms with van der Waals surface area (Å²) >= 11 is 3.40. The van der Waals surface area contributed by atoms with Crippen LogP contribution in [-0.4, -0.2) is 18.1 Å². The number of rotatable bonds is 1. The maximum atomic E-state index is 11.9. The van der Waals surface area contributed by atoms with Crippen molar-refractivity contribution in [2.24, 2.45) is 0 Å². The Bertz CT molecular complexity index is 738. The van der Waals surface area contributed by atoms with Gasteiger partial charge in [0.15, 0.2) is 0 Å². The maximum absolute atomic E-state index is 11.9. The SMILES string of the molecule is Cc1ccc2c(n1)N(C)C(=O)O/C2=C\c1ccc(Br)cc1. The number of hydrogen-bond acceptors (Lipinski definition) is 3. The molecule has 5 heteroatoms. The lowest BCUT2D eigenvalue weighted by molar-refractivity contribution is 0.199. The number of benzene rings is 1. The monoisotopic (exact) mass is 344 g/mol. The van der Waals surface area contributed by atoms with Crippen LogP contribution < -0.4 is 4.90 Å². The zero-order valence-corrected chi connectivity index (χ0v) is 13.2. The van der Waals surface area contributed by atoms with Gasteiger partial charge in [-0.1, -0.05) is 28.1 Å². The van der Waals surface area contributed by atoms with Gasteiger partial charge < -0.3 is 4.74 Å². The van der Waals surface area contributed by atoms with Crippen LogP contribution >= 0.6 is 15.9 Å². The lowest BCUT2D eigenvalue weighted by Crippen LogP contribution is -2.32. The van der Waals surface area contributed by atoms with Crippen molar-refractivity contribution in [1.82, 2.24) is 4.98 Å². The van der Waals surface area contributed by atoms with Gasteiger partial charge in [0.2, 0.25) is 0 Å². The van der Waals surface area contributed by atoms with Crippen molar-refractivity contribution in [2.45, 2.75) is 6.92 Å². The Morgan fingerprint density at radius 3 is 2.62 bits per heavy atom. The van der Waals surface area contributed by atoms with E-state index in [4.69, 9.17) is 4.74 Å². The van der Waals surface area contributed by atoms with Crippen molar-refractivity contribution in [2.75, 3.05) is 11.9 Å². The summed E-state index contributed by atoms with van der Waals surface area (Å²) in [5, 5.41) is 0. The molecular formula is C16H13BrN2O2. The van der Waals surface area contributed by atoms with Gasteiger partial charge in [0.1, 0.15) is 11.6 Å². The Hall–Kier alpha value is -2.14. The number of aryl methyl sites for hydroxylation is 1. The van der Waals surface area contributed by atoms with Gasteiger partial charge >= 0.3 is 6.09 Å². The highest BCUT2D eigenvalue weighted by Crippen LogP contribution is 2.33. The van der Waals surface area contributed by atoms with Gasteiger partial charge in [-0.05, 0) is 42.8 Å². The fourth-order valence-electron chi connectivity index (χ4n) is 2.11. The fraction of sp³-hybridized carbons (Fsp3) is 0.125. The molecule has 1 amide bonds. The number of hydrogen-bond donors (Lipinski definition) is 0. The number of aromatic nitrogens is 1. The van der Waals surface area contributed by atoms with Gasteiger partial charge in [0, 0.05) is 17.2 Å². The van der Waals surface area contributed by atoms with Crippen molar-refractivity contribution in [3.05, 3.63) is 57.7 Å². The Morgan fingerprint density at radius 1 is 1.19 bits per heavy atom. The molecule has 1 aromatic heterocycles. The first-order chi connectivity index (χ1) is 10.0. The van der Waals surface area contributed by atoms with Gasteiger partial charge in [-0.15, -0.1) is 0 Å². The van der Waals surface area contributed by atoms with E-state index < -0.39 is 6.09 Å². The third-order valence-corrected chi connectivity index (χ3v) is 3.77. The molecular weight excluding hydrogens is 332 g/mol.